The third kappa shape index (κ3) is 3.09. The Kier molecular flexibility index (Phi) is 4.48. The molecule has 0 unspecified atom stereocenters. The van der Waals surface area contributed by atoms with E-state index in [1.165, 1.54) is 22.3 Å². The Labute approximate surface area is 142 Å². The van der Waals surface area contributed by atoms with Gasteiger partial charge in [-0.25, -0.2) is 0 Å². The predicted molar refractivity (Wildman–Crippen MR) is 98.7 cm³/mol. The lowest BCUT2D eigenvalue weighted by Crippen LogP contribution is -1.92. The zero-order valence-corrected chi connectivity index (χ0v) is 14.2. The van der Waals surface area contributed by atoms with Gasteiger partial charge in [0.25, 0.3) is 0 Å². The molecule has 24 heavy (non-hydrogen) atoms. The van der Waals surface area contributed by atoms with Crippen molar-refractivity contribution in [1.29, 1.82) is 0 Å². The van der Waals surface area contributed by atoms with Gasteiger partial charge < -0.3 is 4.74 Å². The van der Waals surface area contributed by atoms with E-state index < -0.39 is 0 Å². The fourth-order valence-electron chi connectivity index (χ4n) is 3.00. The molecule has 0 fully saturated rings. The van der Waals surface area contributed by atoms with Gasteiger partial charge in [0, 0.05) is 5.56 Å². The maximum atomic E-state index is 11.4. The summed E-state index contributed by atoms with van der Waals surface area (Å²) in [6, 6.07) is 20.4. The van der Waals surface area contributed by atoms with Gasteiger partial charge in [0.15, 0.2) is 6.29 Å². The van der Waals surface area contributed by atoms with Crippen LogP contribution in [0, 0.1) is 13.8 Å². The fraction of sp³-hybridized carbons (Fsp3) is 0.136. The molecular formula is C22H20O2. The molecule has 0 atom stereocenters. The number of aldehydes is 1. The van der Waals surface area contributed by atoms with Crippen molar-refractivity contribution in [3.63, 3.8) is 0 Å². The van der Waals surface area contributed by atoms with E-state index >= 15 is 0 Å². The van der Waals surface area contributed by atoms with Crippen molar-refractivity contribution in [2.75, 3.05) is 7.11 Å². The van der Waals surface area contributed by atoms with Crippen LogP contribution in [0.1, 0.15) is 21.5 Å². The monoisotopic (exact) mass is 316 g/mol. The number of benzene rings is 3. The minimum absolute atomic E-state index is 0.636. The van der Waals surface area contributed by atoms with Crippen LogP contribution in [0.2, 0.25) is 0 Å². The fourth-order valence-corrected chi connectivity index (χ4v) is 3.00. The number of aryl methyl sites for hydroxylation is 2. The third-order valence-corrected chi connectivity index (χ3v) is 4.25. The van der Waals surface area contributed by atoms with Crippen LogP contribution < -0.4 is 4.74 Å². The number of carbonyl (C=O) groups excluding carboxylic acids is 1. The van der Waals surface area contributed by atoms with Crippen LogP contribution in [0.5, 0.6) is 5.75 Å². The molecule has 0 N–H and O–H groups in total. The third-order valence-electron chi connectivity index (χ3n) is 4.25. The summed E-state index contributed by atoms with van der Waals surface area (Å²) in [6.07, 6.45) is 0.877. The molecule has 120 valence electrons. The van der Waals surface area contributed by atoms with E-state index in [4.69, 9.17) is 4.74 Å². The van der Waals surface area contributed by atoms with Gasteiger partial charge in [0.2, 0.25) is 0 Å². The quantitative estimate of drug-likeness (QED) is 0.598. The highest BCUT2D eigenvalue weighted by Crippen LogP contribution is 2.31. The number of hydrogen-bond donors (Lipinski definition) is 0. The maximum absolute atomic E-state index is 11.4. The molecular weight excluding hydrogens is 296 g/mol. The Morgan fingerprint density at radius 2 is 1.58 bits per heavy atom. The second-order valence-electron chi connectivity index (χ2n) is 5.97. The summed E-state index contributed by atoms with van der Waals surface area (Å²) in [5.74, 6) is 0.689. The highest BCUT2D eigenvalue weighted by molar-refractivity contribution is 5.89. The first-order chi connectivity index (χ1) is 11.6. The first-order valence-corrected chi connectivity index (χ1v) is 7.93. The van der Waals surface area contributed by atoms with Gasteiger partial charge in [0.1, 0.15) is 5.75 Å². The zero-order valence-electron chi connectivity index (χ0n) is 14.2. The van der Waals surface area contributed by atoms with Crippen LogP contribution in [0.4, 0.5) is 0 Å². The Morgan fingerprint density at radius 1 is 0.833 bits per heavy atom. The molecule has 0 heterocycles. The van der Waals surface area contributed by atoms with Crippen LogP contribution in [0.25, 0.3) is 22.3 Å². The molecule has 0 aliphatic rings. The summed E-state index contributed by atoms with van der Waals surface area (Å²) in [6.45, 7) is 4.20. The summed E-state index contributed by atoms with van der Waals surface area (Å²) in [5.41, 5.74) is 7.45. The topological polar surface area (TPSA) is 26.3 Å². The second-order valence-corrected chi connectivity index (χ2v) is 5.97. The van der Waals surface area contributed by atoms with Gasteiger partial charge in [-0.2, -0.15) is 0 Å². The van der Waals surface area contributed by atoms with Crippen LogP contribution >= 0.6 is 0 Å². The first-order valence-electron chi connectivity index (χ1n) is 7.93. The van der Waals surface area contributed by atoms with Crippen LogP contribution in [-0.2, 0) is 0 Å². The molecule has 2 heteroatoms. The molecule has 0 radical (unpaired) electrons. The lowest BCUT2D eigenvalue weighted by molar-refractivity contribution is 0.112. The number of rotatable bonds is 4. The molecule has 0 saturated heterocycles. The highest BCUT2D eigenvalue weighted by Gasteiger charge is 2.09. The Hall–Kier alpha value is -2.87. The van der Waals surface area contributed by atoms with Crippen molar-refractivity contribution >= 4 is 6.29 Å². The molecule has 0 saturated carbocycles. The number of ether oxygens (including phenoxy) is 1. The standard InChI is InChI=1S/C22H20O2/c1-15-5-4-6-17(11-15)21-9-7-18(12-16(21)2)22-10-8-20(24-3)13-19(22)14-23/h4-14H,1-3H3. The molecule has 0 bridgehead atoms. The number of carbonyl (C=O) groups is 1. The van der Waals surface area contributed by atoms with E-state index in [0.717, 1.165) is 17.4 Å². The van der Waals surface area contributed by atoms with Crippen molar-refractivity contribution < 1.29 is 9.53 Å². The van der Waals surface area contributed by atoms with Crippen molar-refractivity contribution in [1.82, 2.24) is 0 Å². The van der Waals surface area contributed by atoms with Crippen molar-refractivity contribution in [2.45, 2.75) is 13.8 Å². The number of methoxy groups -OCH3 is 1. The average molecular weight is 316 g/mol. The van der Waals surface area contributed by atoms with Gasteiger partial charge in [-0.1, -0.05) is 48.0 Å². The van der Waals surface area contributed by atoms with Gasteiger partial charge in [-0.15, -0.1) is 0 Å². The summed E-state index contributed by atoms with van der Waals surface area (Å²) in [4.78, 5) is 11.4. The second kappa shape index (κ2) is 6.71. The predicted octanol–water partition coefficient (Wildman–Crippen LogP) is 5.46. The zero-order chi connectivity index (χ0) is 17.1. The normalized spacial score (nSPS) is 10.5. The molecule has 0 spiro atoms. The SMILES string of the molecule is COc1ccc(-c2ccc(-c3cccc(C)c3)c(C)c2)c(C=O)c1. The molecule has 2 nitrogen and oxygen atoms in total. The molecule has 3 aromatic carbocycles. The van der Waals surface area contributed by atoms with E-state index in [9.17, 15) is 4.79 Å². The smallest absolute Gasteiger partial charge is 0.150 e. The van der Waals surface area contributed by atoms with Gasteiger partial charge in [-0.3, -0.25) is 4.79 Å². The molecule has 0 aliphatic carbocycles. The van der Waals surface area contributed by atoms with Crippen LogP contribution in [0.3, 0.4) is 0 Å². The van der Waals surface area contributed by atoms with E-state index in [2.05, 4.69) is 56.3 Å². The summed E-state index contributed by atoms with van der Waals surface area (Å²) in [7, 11) is 1.60. The van der Waals surface area contributed by atoms with Gasteiger partial charge in [0.05, 0.1) is 7.11 Å². The lowest BCUT2D eigenvalue weighted by atomic mass is 9.93. The molecule has 3 rings (SSSR count). The minimum Gasteiger partial charge on any atom is -0.497 e. The van der Waals surface area contributed by atoms with Gasteiger partial charge in [-0.05, 0) is 59.9 Å². The summed E-state index contributed by atoms with van der Waals surface area (Å²) >= 11 is 0. The largest absolute Gasteiger partial charge is 0.497 e. The summed E-state index contributed by atoms with van der Waals surface area (Å²) in [5, 5.41) is 0. The van der Waals surface area contributed by atoms with Crippen molar-refractivity contribution in [3.05, 3.63) is 77.4 Å². The van der Waals surface area contributed by atoms with Crippen molar-refractivity contribution in [2.24, 2.45) is 0 Å². The van der Waals surface area contributed by atoms with E-state index in [1.54, 1.807) is 13.2 Å². The Morgan fingerprint density at radius 3 is 2.25 bits per heavy atom. The molecule has 0 aromatic heterocycles. The maximum Gasteiger partial charge on any atom is 0.150 e. The molecule has 0 amide bonds. The van der Waals surface area contributed by atoms with E-state index in [1.807, 2.05) is 12.1 Å². The van der Waals surface area contributed by atoms with Crippen molar-refractivity contribution in [3.8, 4) is 28.0 Å². The summed E-state index contributed by atoms with van der Waals surface area (Å²) < 4.78 is 5.20. The first kappa shape index (κ1) is 16.0. The van der Waals surface area contributed by atoms with Crippen LogP contribution in [-0.4, -0.2) is 13.4 Å². The highest BCUT2D eigenvalue weighted by atomic mass is 16.5. The average Bonchev–Trinajstić information content (AvgIpc) is 2.61. The lowest BCUT2D eigenvalue weighted by Gasteiger charge is -2.12. The Balaban J connectivity index is 2.06. The molecule has 3 aromatic rings. The van der Waals surface area contributed by atoms with E-state index in [0.29, 0.717) is 11.3 Å². The van der Waals surface area contributed by atoms with Gasteiger partial charge >= 0.3 is 0 Å². The van der Waals surface area contributed by atoms with Crippen LogP contribution in [0.15, 0.2) is 60.7 Å². The minimum atomic E-state index is 0.636. The molecule has 0 aliphatic heterocycles. The van der Waals surface area contributed by atoms with E-state index in [-0.39, 0.29) is 0 Å². The Bertz CT molecular complexity index is 894. The number of hydrogen-bond acceptors (Lipinski definition) is 2.